The minimum Gasteiger partial charge on any atom is -0.325 e. The van der Waals surface area contributed by atoms with Gasteiger partial charge in [-0.25, -0.2) is 9.97 Å². The zero-order valence-corrected chi connectivity index (χ0v) is 17.8. The molecule has 142 valence electrons. The number of rotatable bonds is 5. The van der Waals surface area contributed by atoms with E-state index in [1.165, 1.54) is 11.8 Å². The summed E-state index contributed by atoms with van der Waals surface area (Å²) in [5.41, 5.74) is 6.05. The number of anilines is 1. The van der Waals surface area contributed by atoms with E-state index >= 15 is 0 Å². The van der Waals surface area contributed by atoms with Crippen molar-refractivity contribution in [2.24, 2.45) is 0 Å². The Bertz CT molecular complexity index is 1070. The summed E-state index contributed by atoms with van der Waals surface area (Å²) in [6.07, 6.45) is 0. The van der Waals surface area contributed by atoms with Crippen LogP contribution in [0.5, 0.6) is 0 Å². The number of aryl methyl sites for hydroxylation is 2. The molecule has 0 radical (unpaired) electrons. The lowest BCUT2D eigenvalue weighted by atomic mass is 10.1. The Labute approximate surface area is 172 Å². The van der Waals surface area contributed by atoms with E-state index in [-0.39, 0.29) is 11.7 Å². The number of aromatic nitrogens is 2. The quantitative estimate of drug-likeness (QED) is 0.598. The number of hydrogen-bond donors (Lipinski definition) is 1. The van der Waals surface area contributed by atoms with Crippen LogP contribution in [0.1, 0.15) is 27.4 Å². The number of nitrogens with one attached hydrogen (secondary N) is 1. The molecule has 0 fully saturated rings. The minimum atomic E-state index is -0.135. The van der Waals surface area contributed by atoms with Crippen molar-refractivity contribution < 1.29 is 4.79 Å². The second-order valence-corrected chi connectivity index (χ2v) is 8.43. The Morgan fingerprint density at radius 3 is 2.46 bits per heavy atom. The third-order valence-electron chi connectivity index (χ3n) is 4.50. The van der Waals surface area contributed by atoms with Gasteiger partial charge in [0.1, 0.15) is 11.1 Å². The normalized spacial score (nSPS) is 10.5. The summed E-state index contributed by atoms with van der Waals surface area (Å²) in [6, 6.07) is 9.83. The summed E-state index contributed by atoms with van der Waals surface area (Å²) in [4.78, 5) is 21.3. The largest absolute Gasteiger partial charge is 0.325 e. The lowest BCUT2D eigenvalue weighted by molar-refractivity contribution is -0.113. The third-order valence-corrected chi connectivity index (χ3v) is 6.25. The lowest BCUT2D eigenvalue weighted by Crippen LogP contribution is -2.14. The van der Waals surface area contributed by atoms with Gasteiger partial charge in [0.05, 0.1) is 22.0 Å². The molecule has 0 aliphatic heterocycles. The maximum Gasteiger partial charge on any atom is 0.234 e. The first kappa shape index (κ1) is 20.1. The average molecular weight is 409 g/mol. The molecule has 1 aromatic carbocycles. The van der Waals surface area contributed by atoms with E-state index in [0.717, 1.165) is 38.8 Å². The molecular weight excluding hydrogens is 388 g/mol. The van der Waals surface area contributed by atoms with Crippen LogP contribution in [0, 0.1) is 39.0 Å². The fourth-order valence-electron chi connectivity index (χ4n) is 2.70. The van der Waals surface area contributed by atoms with Crippen LogP contribution >= 0.6 is 23.1 Å². The lowest BCUT2D eigenvalue weighted by Gasteiger charge is -2.11. The highest BCUT2D eigenvalue weighted by molar-refractivity contribution is 8.00. The van der Waals surface area contributed by atoms with Gasteiger partial charge in [0.2, 0.25) is 5.91 Å². The molecule has 1 amide bonds. The molecule has 0 unspecified atom stereocenters. The first-order valence-corrected chi connectivity index (χ1v) is 10.6. The number of thioether (sulfide) groups is 1. The van der Waals surface area contributed by atoms with E-state index in [4.69, 9.17) is 0 Å². The number of hydrogen-bond acceptors (Lipinski definition) is 6. The maximum atomic E-state index is 12.3. The van der Waals surface area contributed by atoms with Gasteiger partial charge in [-0.05, 0) is 51.0 Å². The molecule has 2 heterocycles. The van der Waals surface area contributed by atoms with Gasteiger partial charge in [-0.3, -0.25) is 4.79 Å². The summed E-state index contributed by atoms with van der Waals surface area (Å²) in [7, 11) is 0. The monoisotopic (exact) mass is 408 g/mol. The highest BCUT2D eigenvalue weighted by Gasteiger charge is 2.14. The zero-order chi connectivity index (χ0) is 20.3. The molecule has 28 heavy (non-hydrogen) atoms. The van der Waals surface area contributed by atoms with Crippen molar-refractivity contribution in [2.45, 2.75) is 32.7 Å². The predicted octanol–water partition coefficient (Wildman–Crippen LogP) is 5.04. The fraction of sp³-hybridized carbons (Fsp3) is 0.238. The second kappa shape index (κ2) is 8.55. The van der Waals surface area contributed by atoms with Crippen LogP contribution in [0.4, 0.5) is 5.69 Å². The fourth-order valence-corrected chi connectivity index (χ4v) is 4.21. The van der Waals surface area contributed by atoms with E-state index in [1.54, 1.807) is 11.3 Å². The van der Waals surface area contributed by atoms with E-state index in [0.29, 0.717) is 10.6 Å². The molecule has 7 heteroatoms. The Balaban J connectivity index is 1.64. The summed E-state index contributed by atoms with van der Waals surface area (Å²) >= 11 is 2.90. The number of carbonyl (C=O) groups excluding carboxylic acids is 1. The van der Waals surface area contributed by atoms with Crippen LogP contribution in [0.15, 0.2) is 34.7 Å². The van der Waals surface area contributed by atoms with Gasteiger partial charge in [0.25, 0.3) is 0 Å². The van der Waals surface area contributed by atoms with Crippen LogP contribution in [0.3, 0.4) is 0 Å². The molecule has 0 bridgehead atoms. The van der Waals surface area contributed by atoms with Gasteiger partial charge in [-0.2, -0.15) is 5.26 Å². The van der Waals surface area contributed by atoms with Crippen molar-refractivity contribution in [1.82, 2.24) is 9.97 Å². The number of nitrogens with zero attached hydrogens (tertiary/aromatic N) is 3. The first-order valence-electron chi connectivity index (χ1n) is 8.72. The van der Waals surface area contributed by atoms with Crippen LogP contribution in [0.25, 0.3) is 11.3 Å². The molecule has 0 aliphatic rings. The van der Waals surface area contributed by atoms with Crippen LogP contribution in [0.2, 0.25) is 0 Å². The zero-order valence-electron chi connectivity index (χ0n) is 16.2. The number of thiazole rings is 1. The van der Waals surface area contributed by atoms with Gasteiger partial charge >= 0.3 is 0 Å². The summed E-state index contributed by atoms with van der Waals surface area (Å²) in [6.45, 7) is 7.76. The van der Waals surface area contributed by atoms with Crippen molar-refractivity contribution >= 4 is 34.7 Å². The topological polar surface area (TPSA) is 78.7 Å². The highest BCUT2D eigenvalue weighted by Crippen LogP contribution is 2.27. The van der Waals surface area contributed by atoms with Gasteiger partial charge in [-0.1, -0.05) is 23.9 Å². The summed E-state index contributed by atoms with van der Waals surface area (Å²) < 4.78 is 0. The molecule has 0 saturated carbocycles. The SMILES string of the molecule is Cc1nc(-c2ccc(NC(=O)CSc3nc(C)c(C)c(C)c3C#N)cc2)cs1. The Morgan fingerprint density at radius 2 is 1.86 bits per heavy atom. The van der Waals surface area contributed by atoms with E-state index in [1.807, 2.05) is 57.3 Å². The van der Waals surface area contributed by atoms with E-state index in [9.17, 15) is 10.1 Å². The van der Waals surface area contributed by atoms with E-state index in [2.05, 4.69) is 21.4 Å². The molecule has 0 saturated heterocycles. The average Bonchev–Trinajstić information content (AvgIpc) is 3.11. The second-order valence-electron chi connectivity index (χ2n) is 6.41. The number of carbonyl (C=O) groups is 1. The number of pyridine rings is 1. The van der Waals surface area contributed by atoms with Crippen LogP contribution in [-0.2, 0) is 4.79 Å². The van der Waals surface area contributed by atoms with Crippen molar-refractivity contribution in [3.63, 3.8) is 0 Å². The Morgan fingerprint density at radius 1 is 1.14 bits per heavy atom. The smallest absolute Gasteiger partial charge is 0.234 e. The molecule has 0 aliphatic carbocycles. The van der Waals surface area contributed by atoms with Gasteiger partial charge < -0.3 is 5.32 Å². The van der Waals surface area contributed by atoms with Crippen molar-refractivity contribution in [1.29, 1.82) is 5.26 Å². The molecule has 0 atom stereocenters. The summed E-state index contributed by atoms with van der Waals surface area (Å²) in [5.74, 6) is 0.0558. The molecule has 3 aromatic rings. The number of benzene rings is 1. The predicted molar refractivity (Wildman–Crippen MR) is 115 cm³/mol. The van der Waals surface area contributed by atoms with Crippen LogP contribution < -0.4 is 5.32 Å². The third kappa shape index (κ3) is 4.41. The maximum absolute atomic E-state index is 12.3. The van der Waals surface area contributed by atoms with E-state index < -0.39 is 0 Å². The molecule has 5 nitrogen and oxygen atoms in total. The number of nitriles is 1. The molecule has 2 aromatic heterocycles. The molecule has 3 rings (SSSR count). The van der Waals surface area contributed by atoms with Crippen molar-refractivity contribution in [3.05, 3.63) is 57.0 Å². The first-order chi connectivity index (χ1) is 13.4. The summed E-state index contributed by atoms with van der Waals surface area (Å²) in [5, 5.41) is 16.0. The van der Waals surface area contributed by atoms with Crippen molar-refractivity contribution in [2.75, 3.05) is 11.1 Å². The highest BCUT2D eigenvalue weighted by atomic mass is 32.2. The number of amides is 1. The van der Waals surface area contributed by atoms with Crippen molar-refractivity contribution in [3.8, 4) is 17.3 Å². The molecule has 1 N–H and O–H groups in total. The van der Waals surface area contributed by atoms with Gasteiger partial charge in [-0.15, -0.1) is 11.3 Å². The standard InChI is InChI=1S/C21H20N4OS2/c1-12-13(2)18(9-22)21(23-14(12)3)28-11-20(26)25-17-7-5-16(6-8-17)19-10-27-15(4)24-19/h5-8,10H,11H2,1-4H3,(H,25,26). The molecule has 0 spiro atoms. The molecular formula is C21H20N4OS2. The minimum absolute atomic E-state index is 0.135. The Kier molecular flexibility index (Phi) is 6.12. The van der Waals surface area contributed by atoms with Gasteiger partial charge in [0.15, 0.2) is 0 Å². The van der Waals surface area contributed by atoms with Gasteiger partial charge in [0, 0.05) is 22.3 Å². The van der Waals surface area contributed by atoms with Crippen LogP contribution in [-0.4, -0.2) is 21.6 Å². The Hall–Kier alpha value is -2.69.